The minimum absolute atomic E-state index is 0.667. The van der Waals surface area contributed by atoms with E-state index in [-0.39, 0.29) is 0 Å². The van der Waals surface area contributed by atoms with Crippen molar-refractivity contribution in [1.82, 2.24) is 4.98 Å². The summed E-state index contributed by atoms with van der Waals surface area (Å²) in [5.41, 5.74) is 13.3. The van der Waals surface area contributed by atoms with Crippen molar-refractivity contribution >= 4 is 78.1 Å². The van der Waals surface area contributed by atoms with Crippen LogP contribution in [0.5, 0.6) is 0 Å². The Balaban J connectivity index is 0.976. The lowest BCUT2D eigenvalue weighted by Gasteiger charge is -2.27. The van der Waals surface area contributed by atoms with Gasteiger partial charge in [-0.3, -0.25) is 0 Å². The fraction of sp³-hybridized carbons (Fsp3) is 0.226. The zero-order valence-corrected chi connectivity index (χ0v) is 32.8. The van der Waals surface area contributed by atoms with Crippen LogP contribution in [0.25, 0.3) is 44.0 Å². The molecule has 286 valence electrons. The van der Waals surface area contributed by atoms with Gasteiger partial charge in [0, 0.05) is 57.0 Å². The van der Waals surface area contributed by atoms with Gasteiger partial charge in [-0.25, -0.2) is 4.98 Å². The van der Waals surface area contributed by atoms with E-state index in [2.05, 4.69) is 155 Å². The minimum atomic E-state index is 0.667. The van der Waals surface area contributed by atoms with Crippen molar-refractivity contribution < 1.29 is 8.83 Å². The molecule has 2 aliphatic carbocycles. The van der Waals surface area contributed by atoms with Gasteiger partial charge in [-0.15, -0.1) is 0 Å². The summed E-state index contributed by atoms with van der Waals surface area (Å²) in [4.78, 5) is 9.56. The zero-order chi connectivity index (χ0) is 38.4. The molecule has 5 nitrogen and oxygen atoms in total. The van der Waals surface area contributed by atoms with Crippen LogP contribution in [0.15, 0.2) is 161 Å². The summed E-state index contributed by atoms with van der Waals surface area (Å²) < 4.78 is 13.4. The molecule has 0 N–H and O–H groups in total. The van der Waals surface area contributed by atoms with Crippen LogP contribution >= 0.6 is 0 Å². The van der Waals surface area contributed by atoms with E-state index in [0.29, 0.717) is 17.4 Å². The summed E-state index contributed by atoms with van der Waals surface area (Å²) in [6, 6.07) is 52.7. The molecule has 0 spiro atoms. The van der Waals surface area contributed by atoms with Gasteiger partial charge in [-0.05, 0) is 121 Å². The van der Waals surface area contributed by atoms with Gasteiger partial charge in [0.25, 0.3) is 0 Å². The quantitative estimate of drug-likeness (QED) is 0.154. The third-order valence-corrected chi connectivity index (χ3v) is 12.9. The third kappa shape index (κ3) is 6.30. The number of hydrogen-bond donors (Lipinski definition) is 0. The number of aromatic nitrogens is 1. The molecule has 2 saturated carbocycles. The highest BCUT2D eigenvalue weighted by atomic mass is 16.3. The smallest absolute Gasteiger partial charge is 0.165 e. The summed E-state index contributed by atoms with van der Waals surface area (Å²) in [6.07, 6.45) is 15.1. The second kappa shape index (κ2) is 14.9. The predicted molar refractivity (Wildman–Crippen MR) is 240 cm³/mol. The van der Waals surface area contributed by atoms with Crippen molar-refractivity contribution in [3.05, 3.63) is 163 Å². The van der Waals surface area contributed by atoms with E-state index in [1.165, 1.54) is 75.3 Å². The first-order chi connectivity index (χ1) is 28.7. The average molecular weight is 758 g/mol. The van der Waals surface area contributed by atoms with Crippen LogP contribution in [0.3, 0.4) is 0 Å². The molecule has 0 amide bonds. The molecule has 2 fully saturated rings. The average Bonchev–Trinajstić information content (AvgIpc) is 3.86. The summed E-state index contributed by atoms with van der Waals surface area (Å²) >= 11 is 0. The standard InChI is InChI=1S/C53H47N3O2/c1-5-13-36(14-6-1)38-21-25-42(26-22-38)55(40-17-9-3-10-18-40)44-29-31-46-48(33-44)57-50-35-54-52-47-32-30-45(34-49(47)58-53(52)51(46)50)56(41-19-11-4-12-20-41)43-27-23-39(24-28-43)37-15-7-2-8-16-37/h3-4,9-12,17-37H,1-2,5-8,13-16H2. The maximum atomic E-state index is 6.81. The topological polar surface area (TPSA) is 45.7 Å². The Morgan fingerprint density at radius 2 is 0.862 bits per heavy atom. The van der Waals surface area contributed by atoms with Crippen molar-refractivity contribution in [1.29, 1.82) is 0 Å². The normalized spacial score (nSPS) is 15.4. The highest BCUT2D eigenvalue weighted by Gasteiger charge is 2.23. The molecule has 6 aromatic carbocycles. The summed E-state index contributed by atoms with van der Waals surface area (Å²) in [6.45, 7) is 0. The van der Waals surface area contributed by atoms with Crippen molar-refractivity contribution in [3.63, 3.8) is 0 Å². The van der Waals surface area contributed by atoms with E-state index in [9.17, 15) is 0 Å². The summed E-state index contributed by atoms with van der Waals surface area (Å²) in [5, 5.41) is 2.94. The fourth-order valence-electron chi connectivity index (χ4n) is 9.91. The van der Waals surface area contributed by atoms with Gasteiger partial charge < -0.3 is 18.6 Å². The number of hydrogen-bond acceptors (Lipinski definition) is 5. The molecule has 0 unspecified atom stereocenters. The summed E-state index contributed by atoms with van der Waals surface area (Å²) in [5.74, 6) is 1.33. The van der Waals surface area contributed by atoms with Gasteiger partial charge >= 0.3 is 0 Å². The first-order valence-corrected chi connectivity index (χ1v) is 21.3. The monoisotopic (exact) mass is 757 g/mol. The van der Waals surface area contributed by atoms with Gasteiger partial charge in [0.15, 0.2) is 11.2 Å². The maximum Gasteiger partial charge on any atom is 0.165 e. The SMILES string of the molecule is c1ccc(N(c2ccc(C3CCCCC3)cc2)c2ccc3c(c2)oc2c3ncc3oc4cc(N(c5ccccc5)c5ccc(C6CCCCC6)cc5)ccc4c32)cc1. The van der Waals surface area contributed by atoms with E-state index in [0.717, 1.165) is 72.5 Å². The van der Waals surface area contributed by atoms with Crippen molar-refractivity contribution in [2.75, 3.05) is 9.80 Å². The summed E-state index contributed by atoms with van der Waals surface area (Å²) in [7, 11) is 0. The van der Waals surface area contributed by atoms with Crippen molar-refractivity contribution in [3.8, 4) is 0 Å². The van der Waals surface area contributed by atoms with Crippen LogP contribution in [0.4, 0.5) is 34.1 Å². The number of anilines is 6. The van der Waals surface area contributed by atoms with Gasteiger partial charge in [-0.1, -0.05) is 99.2 Å². The van der Waals surface area contributed by atoms with Gasteiger partial charge in [0.1, 0.15) is 16.7 Å². The molecule has 0 aliphatic heterocycles. The van der Waals surface area contributed by atoms with E-state index in [4.69, 9.17) is 13.8 Å². The Bertz CT molecular complexity index is 2850. The van der Waals surface area contributed by atoms with Crippen LogP contribution in [-0.2, 0) is 0 Å². The lowest BCUT2D eigenvalue weighted by Crippen LogP contribution is -2.10. The van der Waals surface area contributed by atoms with Gasteiger partial charge in [0.05, 0.1) is 11.6 Å². The van der Waals surface area contributed by atoms with Crippen molar-refractivity contribution in [2.45, 2.75) is 76.0 Å². The molecule has 5 heteroatoms. The highest BCUT2D eigenvalue weighted by Crippen LogP contribution is 2.44. The molecule has 9 aromatic rings. The Morgan fingerprint density at radius 3 is 1.38 bits per heavy atom. The number of furan rings is 2. The lowest BCUT2D eigenvalue weighted by molar-refractivity contribution is 0.443. The number of rotatable bonds is 8. The molecule has 2 aliphatic rings. The Hall–Kier alpha value is -6.33. The second-order valence-corrected chi connectivity index (χ2v) is 16.4. The first-order valence-electron chi connectivity index (χ1n) is 21.3. The van der Waals surface area contributed by atoms with E-state index >= 15 is 0 Å². The fourth-order valence-corrected chi connectivity index (χ4v) is 9.91. The molecule has 0 atom stereocenters. The van der Waals surface area contributed by atoms with Crippen LogP contribution in [0.2, 0.25) is 0 Å². The molecule has 3 heterocycles. The number of pyridine rings is 1. The molecule has 0 bridgehead atoms. The predicted octanol–water partition coefficient (Wildman–Crippen LogP) is 15.9. The van der Waals surface area contributed by atoms with Crippen LogP contribution in [-0.4, -0.2) is 4.98 Å². The number of benzene rings is 6. The molecule has 58 heavy (non-hydrogen) atoms. The minimum Gasteiger partial charge on any atom is -0.454 e. The second-order valence-electron chi connectivity index (χ2n) is 16.4. The first kappa shape index (κ1) is 34.9. The maximum absolute atomic E-state index is 6.81. The third-order valence-electron chi connectivity index (χ3n) is 12.9. The molecule has 0 radical (unpaired) electrons. The Labute approximate surface area is 339 Å². The number of nitrogens with zero attached hydrogens (tertiary/aromatic N) is 3. The van der Waals surface area contributed by atoms with Crippen LogP contribution < -0.4 is 9.80 Å². The zero-order valence-electron chi connectivity index (χ0n) is 32.8. The van der Waals surface area contributed by atoms with Gasteiger partial charge in [-0.2, -0.15) is 0 Å². The van der Waals surface area contributed by atoms with Crippen LogP contribution in [0.1, 0.15) is 87.2 Å². The molecule has 0 saturated heterocycles. The lowest BCUT2D eigenvalue weighted by atomic mass is 9.84. The molecular weight excluding hydrogens is 711 g/mol. The van der Waals surface area contributed by atoms with E-state index < -0.39 is 0 Å². The Kier molecular flexibility index (Phi) is 8.95. The Morgan fingerprint density at radius 1 is 0.414 bits per heavy atom. The van der Waals surface area contributed by atoms with E-state index in [1.54, 1.807) is 0 Å². The van der Waals surface area contributed by atoms with Crippen LogP contribution in [0, 0.1) is 0 Å². The highest BCUT2D eigenvalue weighted by molar-refractivity contribution is 6.21. The molecular formula is C53H47N3O2. The van der Waals surface area contributed by atoms with E-state index in [1.807, 2.05) is 6.20 Å². The van der Waals surface area contributed by atoms with Gasteiger partial charge in [0.2, 0.25) is 0 Å². The largest absolute Gasteiger partial charge is 0.454 e. The molecule has 3 aromatic heterocycles. The number of para-hydroxylation sites is 2. The number of fused-ring (bicyclic) bond motifs is 7. The van der Waals surface area contributed by atoms with Crippen molar-refractivity contribution in [2.24, 2.45) is 0 Å². The molecule has 11 rings (SSSR count).